The van der Waals surface area contributed by atoms with Crippen molar-refractivity contribution in [2.45, 2.75) is 90.3 Å². The van der Waals surface area contributed by atoms with Gasteiger partial charge in [-0.3, -0.25) is 0 Å². The molecule has 0 aromatic carbocycles. The van der Waals surface area contributed by atoms with Crippen molar-refractivity contribution in [3.05, 3.63) is 0 Å². The van der Waals surface area contributed by atoms with Crippen LogP contribution in [0.15, 0.2) is 5.16 Å². The van der Waals surface area contributed by atoms with Gasteiger partial charge in [-0.1, -0.05) is 46.7 Å². The molecule has 1 fully saturated rings. The molecular formula is C19H39NO3Si2. The van der Waals surface area contributed by atoms with Crippen LogP contribution in [0, 0.1) is 11.8 Å². The van der Waals surface area contributed by atoms with Crippen LogP contribution in [-0.2, 0) is 13.7 Å². The van der Waals surface area contributed by atoms with E-state index in [9.17, 15) is 0 Å². The second kappa shape index (κ2) is 6.77. The summed E-state index contributed by atoms with van der Waals surface area (Å²) < 4.78 is 13.4. The van der Waals surface area contributed by atoms with E-state index in [2.05, 4.69) is 72.9 Å². The van der Waals surface area contributed by atoms with Crippen LogP contribution >= 0.6 is 0 Å². The Labute approximate surface area is 156 Å². The molecule has 0 saturated heterocycles. The van der Waals surface area contributed by atoms with E-state index in [1.54, 1.807) is 0 Å². The lowest BCUT2D eigenvalue weighted by atomic mass is 9.96. The maximum Gasteiger partial charge on any atom is 0.192 e. The average molecular weight is 386 g/mol. The van der Waals surface area contributed by atoms with E-state index in [1.165, 1.54) is 5.71 Å². The Morgan fingerprint density at radius 1 is 1.00 bits per heavy atom. The molecule has 4 nitrogen and oxygen atoms in total. The Bertz CT molecular complexity index is 518. The Balaban J connectivity index is 2.14. The molecule has 0 unspecified atom stereocenters. The van der Waals surface area contributed by atoms with Crippen molar-refractivity contribution in [3.63, 3.8) is 0 Å². The monoisotopic (exact) mass is 385 g/mol. The predicted octanol–water partition coefficient (Wildman–Crippen LogP) is 5.42. The predicted molar refractivity (Wildman–Crippen MR) is 110 cm³/mol. The highest BCUT2D eigenvalue weighted by atomic mass is 28.4. The van der Waals surface area contributed by atoms with Crippen LogP contribution in [0.5, 0.6) is 0 Å². The molecule has 1 heterocycles. The molecule has 1 aliphatic heterocycles. The minimum atomic E-state index is -1.81. The topological polar surface area (TPSA) is 40.0 Å². The van der Waals surface area contributed by atoms with Gasteiger partial charge in [0.15, 0.2) is 16.6 Å². The molecule has 0 bridgehead atoms. The summed E-state index contributed by atoms with van der Waals surface area (Å²) in [6, 6.07) is 0. The van der Waals surface area contributed by atoms with Crippen molar-refractivity contribution >= 4 is 22.3 Å². The third-order valence-corrected chi connectivity index (χ3v) is 16.0. The van der Waals surface area contributed by atoms with Crippen molar-refractivity contribution in [3.8, 4) is 0 Å². The van der Waals surface area contributed by atoms with Gasteiger partial charge in [-0.25, -0.2) is 0 Å². The highest BCUT2D eigenvalue weighted by Gasteiger charge is 2.50. The van der Waals surface area contributed by atoms with Gasteiger partial charge in [0, 0.05) is 24.9 Å². The van der Waals surface area contributed by atoms with Gasteiger partial charge >= 0.3 is 0 Å². The lowest BCUT2D eigenvalue weighted by molar-refractivity contribution is 0.0548. The zero-order valence-corrected chi connectivity index (χ0v) is 20.0. The first-order chi connectivity index (χ1) is 11.2. The summed E-state index contributed by atoms with van der Waals surface area (Å²) in [5, 5.41) is 4.73. The summed E-state index contributed by atoms with van der Waals surface area (Å²) in [6.07, 6.45) is 1.13. The summed E-state index contributed by atoms with van der Waals surface area (Å²) in [4.78, 5) is 5.39. The third kappa shape index (κ3) is 4.39. The molecule has 0 radical (unpaired) electrons. The number of hydrogen-bond acceptors (Lipinski definition) is 4. The van der Waals surface area contributed by atoms with Crippen LogP contribution in [0.2, 0.25) is 36.3 Å². The summed E-state index contributed by atoms with van der Waals surface area (Å²) in [5.41, 5.74) is 1.19. The molecule has 1 saturated carbocycles. The van der Waals surface area contributed by atoms with Gasteiger partial charge in [0.05, 0.1) is 11.8 Å². The number of hydrogen-bond donors (Lipinski definition) is 0. The molecule has 1 aliphatic carbocycles. The number of nitrogens with zero attached hydrogens (tertiary/aromatic N) is 1. The van der Waals surface area contributed by atoms with Gasteiger partial charge < -0.3 is 13.7 Å². The quantitative estimate of drug-likeness (QED) is 0.593. The third-order valence-electron chi connectivity index (χ3n) is 6.96. The molecule has 0 spiro atoms. The lowest BCUT2D eigenvalue weighted by Gasteiger charge is -2.41. The van der Waals surface area contributed by atoms with Crippen molar-refractivity contribution < 1.29 is 13.7 Å². The first-order valence-corrected chi connectivity index (χ1v) is 15.5. The van der Waals surface area contributed by atoms with E-state index < -0.39 is 16.6 Å². The fourth-order valence-electron chi connectivity index (χ4n) is 2.97. The van der Waals surface area contributed by atoms with Crippen LogP contribution < -0.4 is 0 Å². The Kier molecular flexibility index (Phi) is 5.72. The molecule has 2 rings (SSSR count). The van der Waals surface area contributed by atoms with Crippen molar-refractivity contribution in [1.82, 2.24) is 0 Å². The Hall–Kier alpha value is -0.176. The summed E-state index contributed by atoms with van der Waals surface area (Å²) >= 11 is 0. The molecule has 146 valence electrons. The molecule has 0 amide bonds. The second-order valence-electron chi connectivity index (χ2n) is 10.8. The fourth-order valence-corrected chi connectivity index (χ4v) is 5.38. The summed E-state index contributed by atoms with van der Waals surface area (Å²) in [5.74, 6) is 0.740. The van der Waals surface area contributed by atoms with Crippen molar-refractivity contribution in [2.24, 2.45) is 17.0 Å². The average Bonchev–Trinajstić information content (AvgIpc) is 2.94. The summed E-state index contributed by atoms with van der Waals surface area (Å²) in [6.45, 7) is 24.6. The molecule has 25 heavy (non-hydrogen) atoms. The largest absolute Gasteiger partial charge is 0.416 e. The molecule has 2 aliphatic rings. The maximum atomic E-state index is 6.80. The highest BCUT2D eigenvalue weighted by molar-refractivity contribution is 6.74. The SMILES string of the molecule is CC(C)(C)[Si](C)(C)OC[C@@H]1[C@@H](O[Si](C)(C)C(C)(C)C)CC2=NOC[C@H]21. The van der Waals surface area contributed by atoms with Gasteiger partial charge in [0.2, 0.25) is 0 Å². The standard InChI is InChI=1S/C19H39NO3Si2/c1-18(2,3)24(7,8)22-13-15-14-12-21-20-16(14)11-17(15)23-25(9,10)19(4,5)6/h14-15,17H,11-13H2,1-10H3/t14-,15-,17-/m0/s1. The highest BCUT2D eigenvalue weighted by Crippen LogP contribution is 2.44. The number of fused-ring (bicyclic) bond motifs is 1. The Morgan fingerprint density at radius 2 is 1.56 bits per heavy atom. The van der Waals surface area contributed by atoms with Gasteiger partial charge in [0.25, 0.3) is 0 Å². The van der Waals surface area contributed by atoms with Crippen LogP contribution in [0.3, 0.4) is 0 Å². The van der Waals surface area contributed by atoms with Crippen LogP contribution in [0.25, 0.3) is 0 Å². The Morgan fingerprint density at radius 3 is 2.08 bits per heavy atom. The van der Waals surface area contributed by atoms with Crippen molar-refractivity contribution in [2.75, 3.05) is 13.2 Å². The van der Waals surface area contributed by atoms with E-state index >= 15 is 0 Å². The van der Waals surface area contributed by atoms with Crippen molar-refractivity contribution in [1.29, 1.82) is 0 Å². The zero-order chi connectivity index (χ0) is 19.3. The zero-order valence-electron chi connectivity index (χ0n) is 18.0. The normalized spacial score (nSPS) is 27.9. The van der Waals surface area contributed by atoms with E-state index in [1.807, 2.05) is 0 Å². The first kappa shape index (κ1) is 21.1. The second-order valence-corrected chi connectivity index (χ2v) is 20.4. The van der Waals surface area contributed by atoms with E-state index in [4.69, 9.17) is 13.7 Å². The molecule has 0 N–H and O–H groups in total. The van der Waals surface area contributed by atoms with Crippen LogP contribution in [0.1, 0.15) is 48.0 Å². The van der Waals surface area contributed by atoms with Crippen LogP contribution in [-0.4, -0.2) is 41.7 Å². The lowest BCUT2D eigenvalue weighted by Crippen LogP contribution is -2.47. The summed E-state index contributed by atoms with van der Waals surface area (Å²) in [7, 11) is -3.58. The first-order valence-electron chi connectivity index (χ1n) is 9.66. The molecule has 6 heteroatoms. The van der Waals surface area contributed by atoms with E-state index in [0.29, 0.717) is 18.4 Å². The minimum Gasteiger partial charge on any atom is -0.416 e. The molecular weight excluding hydrogens is 346 g/mol. The smallest absolute Gasteiger partial charge is 0.192 e. The molecule has 0 aromatic heterocycles. The molecule has 3 atom stereocenters. The fraction of sp³-hybridized carbons (Fsp3) is 0.947. The van der Waals surface area contributed by atoms with Crippen LogP contribution in [0.4, 0.5) is 0 Å². The van der Waals surface area contributed by atoms with Gasteiger partial charge in [-0.2, -0.15) is 0 Å². The number of rotatable bonds is 5. The van der Waals surface area contributed by atoms with E-state index in [-0.39, 0.29) is 16.2 Å². The number of oxime groups is 1. The van der Waals surface area contributed by atoms with Gasteiger partial charge in [-0.15, -0.1) is 0 Å². The minimum absolute atomic E-state index is 0.216. The van der Waals surface area contributed by atoms with E-state index in [0.717, 1.165) is 13.0 Å². The van der Waals surface area contributed by atoms with Gasteiger partial charge in [0.1, 0.15) is 6.61 Å². The maximum absolute atomic E-state index is 6.80. The van der Waals surface area contributed by atoms with Gasteiger partial charge in [-0.05, 0) is 36.3 Å². The molecule has 0 aromatic rings.